The van der Waals surface area contributed by atoms with Crippen molar-refractivity contribution in [1.29, 1.82) is 26.3 Å². The van der Waals surface area contributed by atoms with Gasteiger partial charge in [0.05, 0.1) is 21.7 Å². The second-order valence-electron chi connectivity index (χ2n) is 7.99. The highest BCUT2D eigenvalue weighted by atomic mass is 32.2. The van der Waals surface area contributed by atoms with Crippen molar-refractivity contribution in [2.24, 2.45) is 0 Å². The molecule has 0 aliphatic heterocycles. The average molecular weight is 484 g/mol. The lowest BCUT2D eigenvalue weighted by Gasteiger charge is -2.13. The van der Waals surface area contributed by atoms with Gasteiger partial charge in [0, 0.05) is 37.1 Å². The van der Waals surface area contributed by atoms with Crippen LogP contribution < -0.4 is 4.90 Å². The molecule has 0 fully saturated rings. The fraction of sp³-hybridized carbons (Fsp3) is 0.107. The first kappa shape index (κ1) is 23.9. The number of hydrogen-bond acceptors (Lipinski definition) is 7. The van der Waals surface area contributed by atoms with Crippen LogP contribution in [0.2, 0.25) is 0 Å². The van der Waals surface area contributed by atoms with Crippen molar-refractivity contribution in [2.45, 2.75) is 4.90 Å². The zero-order valence-corrected chi connectivity index (χ0v) is 20.5. The molecule has 3 aromatic rings. The normalized spacial score (nSPS) is 11.6. The number of aromatic nitrogens is 1. The van der Waals surface area contributed by atoms with Crippen molar-refractivity contribution < 1.29 is 0 Å². The molecule has 2 heterocycles. The molecule has 0 N–H and O–H groups in total. The van der Waals surface area contributed by atoms with Gasteiger partial charge in [-0.15, -0.1) is 11.8 Å². The Morgan fingerprint density at radius 3 is 1.89 bits per heavy atom. The molecule has 0 saturated heterocycles. The third-order valence-corrected chi connectivity index (χ3v) is 6.80. The van der Waals surface area contributed by atoms with E-state index in [0.717, 1.165) is 5.69 Å². The van der Waals surface area contributed by atoms with Crippen LogP contribution in [0.5, 0.6) is 0 Å². The molecule has 0 bridgehead atoms. The van der Waals surface area contributed by atoms with E-state index < -0.39 is 0 Å². The van der Waals surface area contributed by atoms with Gasteiger partial charge in [0.15, 0.2) is 0 Å². The Bertz CT molecular complexity index is 1640. The number of fused-ring (bicyclic) bond motifs is 2. The smallest absolute Gasteiger partial charge is 0.138 e. The van der Waals surface area contributed by atoms with Gasteiger partial charge in [0.1, 0.15) is 41.5 Å². The Morgan fingerprint density at radius 1 is 0.889 bits per heavy atom. The number of benzene rings is 1. The lowest BCUT2D eigenvalue weighted by atomic mass is 9.95. The van der Waals surface area contributed by atoms with E-state index in [2.05, 4.69) is 6.07 Å². The minimum absolute atomic E-state index is 0.124. The van der Waals surface area contributed by atoms with Gasteiger partial charge in [-0.1, -0.05) is 24.3 Å². The zero-order valence-electron chi connectivity index (χ0n) is 19.7. The van der Waals surface area contributed by atoms with Gasteiger partial charge in [-0.05, 0) is 41.2 Å². The van der Waals surface area contributed by atoms with Crippen LogP contribution in [0.15, 0.2) is 64.2 Å². The van der Waals surface area contributed by atoms with Crippen LogP contribution in [-0.4, -0.2) is 24.8 Å². The predicted molar refractivity (Wildman–Crippen MR) is 139 cm³/mol. The van der Waals surface area contributed by atoms with Gasteiger partial charge < -0.3 is 9.30 Å². The monoisotopic (exact) mass is 483 g/mol. The Kier molecular flexibility index (Phi) is 6.37. The highest BCUT2D eigenvalue weighted by Crippen LogP contribution is 2.49. The summed E-state index contributed by atoms with van der Waals surface area (Å²) in [6.45, 7) is 0. The lowest BCUT2D eigenvalue weighted by molar-refractivity contribution is 1.10. The molecule has 0 unspecified atom stereocenters. The number of nitrogens with zero attached hydrogens (tertiary/aromatic N) is 7. The molecule has 1 aliphatic rings. The third kappa shape index (κ3) is 3.58. The highest BCUT2D eigenvalue weighted by Gasteiger charge is 2.32. The maximum absolute atomic E-state index is 10.0. The first-order valence-corrected chi connectivity index (χ1v) is 11.9. The molecule has 0 saturated carbocycles. The Labute approximate surface area is 212 Å². The van der Waals surface area contributed by atoms with Crippen molar-refractivity contribution in [3.8, 4) is 30.3 Å². The largest absolute Gasteiger partial charge is 0.378 e. The average Bonchev–Trinajstić information content (AvgIpc) is 3.38. The molecule has 7 nitrogen and oxygen atoms in total. The van der Waals surface area contributed by atoms with Crippen molar-refractivity contribution >= 4 is 40.2 Å². The summed E-state index contributed by atoms with van der Waals surface area (Å²) in [4.78, 5) is 2.65. The van der Waals surface area contributed by atoms with Crippen LogP contribution in [0.25, 0.3) is 22.7 Å². The number of allylic oxidation sites excluding steroid dienone is 5. The second kappa shape index (κ2) is 9.58. The van der Waals surface area contributed by atoms with Crippen molar-refractivity contribution in [3.05, 3.63) is 81.7 Å². The third-order valence-electron chi connectivity index (χ3n) is 5.98. The maximum Gasteiger partial charge on any atom is 0.138 e. The van der Waals surface area contributed by atoms with E-state index in [1.807, 2.05) is 72.3 Å². The molecule has 0 atom stereocenters. The number of anilines is 1. The van der Waals surface area contributed by atoms with Crippen LogP contribution in [-0.2, 0) is 0 Å². The molecule has 0 radical (unpaired) electrons. The van der Waals surface area contributed by atoms with E-state index in [-0.39, 0.29) is 11.1 Å². The van der Waals surface area contributed by atoms with Crippen LogP contribution in [0.3, 0.4) is 0 Å². The van der Waals surface area contributed by atoms with Gasteiger partial charge in [-0.25, -0.2) is 0 Å². The summed E-state index contributed by atoms with van der Waals surface area (Å²) >= 11 is 1.40. The fourth-order valence-corrected chi connectivity index (χ4v) is 5.12. The molecule has 4 rings (SSSR count). The molecule has 1 aliphatic carbocycles. The first-order chi connectivity index (χ1) is 17.4. The first-order valence-electron chi connectivity index (χ1n) is 10.7. The SMILES string of the molecule is CSc1c(C#N)c2cc(N(C)C)ccn2c1C=C1C(=C(C#N)C#N)c2ccccc2C1=C(C#N)C#N. The summed E-state index contributed by atoms with van der Waals surface area (Å²) in [5, 5.41) is 49.1. The Morgan fingerprint density at radius 2 is 1.44 bits per heavy atom. The van der Waals surface area contributed by atoms with Gasteiger partial charge >= 0.3 is 0 Å². The standard InChI is InChI=1S/C28H17N7S/c1-34(2)19-8-9-35-24(10-19)23(16-33)28(36-3)25(35)11-22-26(17(12-29)13-30)20-6-4-5-7-21(20)27(22)18(14-31)15-32/h4-11H,1-3H3. The quantitative estimate of drug-likeness (QED) is 0.365. The molecule has 0 spiro atoms. The van der Waals surface area contributed by atoms with Crippen molar-refractivity contribution in [3.63, 3.8) is 0 Å². The molecule has 36 heavy (non-hydrogen) atoms. The van der Waals surface area contributed by atoms with E-state index >= 15 is 0 Å². The topological polar surface area (TPSA) is 127 Å². The molecule has 170 valence electrons. The van der Waals surface area contributed by atoms with Crippen molar-refractivity contribution in [2.75, 3.05) is 25.3 Å². The fourth-order valence-electron chi connectivity index (χ4n) is 4.40. The van der Waals surface area contributed by atoms with E-state index in [1.165, 1.54) is 11.8 Å². The predicted octanol–water partition coefficient (Wildman–Crippen LogP) is 5.30. The maximum atomic E-state index is 10.0. The second-order valence-corrected chi connectivity index (χ2v) is 8.81. The highest BCUT2D eigenvalue weighted by molar-refractivity contribution is 7.98. The van der Waals surface area contributed by atoms with E-state index in [0.29, 0.717) is 49.5 Å². The number of pyridine rings is 1. The van der Waals surface area contributed by atoms with E-state index in [4.69, 9.17) is 0 Å². The van der Waals surface area contributed by atoms with Crippen LogP contribution in [0.4, 0.5) is 5.69 Å². The molecule has 8 heteroatoms. The molecule has 1 aromatic carbocycles. The van der Waals surface area contributed by atoms with Crippen LogP contribution >= 0.6 is 11.8 Å². The summed E-state index contributed by atoms with van der Waals surface area (Å²) in [5.74, 6) is 0. The Hall–Kier alpha value is -5.20. The number of hydrogen-bond donors (Lipinski definition) is 0. The van der Waals surface area contributed by atoms with Crippen LogP contribution in [0, 0.1) is 56.7 Å². The van der Waals surface area contributed by atoms with Gasteiger partial charge in [0.25, 0.3) is 0 Å². The van der Waals surface area contributed by atoms with E-state index in [1.54, 1.807) is 30.3 Å². The summed E-state index contributed by atoms with van der Waals surface area (Å²) in [6, 6.07) is 21.1. The lowest BCUT2D eigenvalue weighted by Crippen LogP contribution is -2.08. The van der Waals surface area contributed by atoms with Crippen LogP contribution in [0.1, 0.15) is 22.4 Å². The number of rotatable bonds is 3. The molecule has 0 amide bonds. The van der Waals surface area contributed by atoms with Gasteiger partial charge in [0.2, 0.25) is 0 Å². The number of thioether (sulfide) groups is 1. The summed E-state index contributed by atoms with van der Waals surface area (Å²) in [7, 11) is 3.83. The minimum Gasteiger partial charge on any atom is -0.378 e. The zero-order chi connectivity index (χ0) is 26.0. The van der Waals surface area contributed by atoms with Gasteiger partial charge in [-0.2, -0.15) is 26.3 Å². The minimum atomic E-state index is -0.124. The Balaban J connectivity index is 2.21. The molecule has 2 aromatic heterocycles. The van der Waals surface area contributed by atoms with Crippen molar-refractivity contribution in [1.82, 2.24) is 4.40 Å². The number of nitriles is 5. The molecular formula is C28H17N7S. The molecular weight excluding hydrogens is 466 g/mol. The summed E-state index contributed by atoms with van der Waals surface area (Å²) < 4.78 is 1.87. The van der Waals surface area contributed by atoms with E-state index in [9.17, 15) is 26.3 Å². The summed E-state index contributed by atoms with van der Waals surface area (Å²) in [5.41, 5.74) is 4.86. The summed E-state index contributed by atoms with van der Waals surface area (Å²) in [6.07, 6.45) is 5.49. The van der Waals surface area contributed by atoms with Gasteiger partial charge in [-0.3, -0.25) is 0 Å².